The normalized spacial score (nSPS) is 14.7. The van der Waals surface area contributed by atoms with Crippen LogP contribution in [0.5, 0.6) is 0 Å². The Labute approximate surface area is 256 Å². The number of benzene rings is 2. The van der Waals surface area contributed by atoms with Gasteiger partial charge < -0.3 is 26.0 Å². The van der Waals surface area contributed by atoms with Crippen LogP contribution in [0.2, 0.25) is 0 Å². The predicted octanol–water partition coefficient (Wildman–Crippen LogP) is 1.70. The quantitative estimate of drug-likeness (QED) is 0.235. The van der Waals surface area contributed by atoms with Gasteiger partial charge in [0, 0.05) is 50.9 Å². The first-order chi connectivity index (χ1) is 21.1. The van der Waals surface area contributed by atoms with Gasteiger partial charge in [-0.3, -0.25) is 23.6 Å². The molecule has 0 aliphatic carbocycles. The van der Waals surface area contributed by atoms with E-state index in [9.17, 15) is 19.5 Å². The molecule has 3 heterocycles. The predicted molar refractivity (Wildman–Crippen MR) is 168 cm³/mol. The summed E-state index contributed by atoms with van der Waals surface area (Å²) in [5.41, 5.74) is 7.62. The molecule has 12 heteroatoms. The lowest BCUT2D eigenvalue weighted by atomic mass is 9.90. The number of nitrogens with one attached hydrogen (secondary N) is 1. The van der Waals surface area contributed by atoms with E-state index in [1.165, 1.54) is 10.9 Å². The van der Waals surface area contributed by atoms with Gasteiger partial charge in [0.05, 0.1) is 47.2 Å². The van der Waals surface area contributed by atoms with E-state index >= 15 is 0 Å². The molecule has 1 aliphatic rings. The Morgan fingerprint density at radius 1 is 1.11 bits per heavy atom. The number of piperidine rings is 1. The number of hydrogen-bond donors (Lipinski definition) is 3. The first-order valence-corrected chi connectivity index (χ1v) is 14.9. The molecule has 1 fully saturated rings. The van der Waals surface area contributed by atoms with Crippen LogP contribution >= 0.6 is 0 Å². The Morgan fingerprint density at radius 2 is 1.86 bits per heavy atom. The van der Waals surface area contributed by atoms with Gasteiger partial charge in [-0.15, -0.1) is 0 Å². The van der Waals surface area contributed by atoms with Crippen LogP contribution in [0.25, 0.3) is 10.9 Å². The van der Waals surface area contributed by atoms with Crippen LogP contribution in [0.3, 0.4) is 0 Å². The number of rotatable bonds is 11. The molecule has 1 aliphatic heterocycles. The van der Waals surface area contributed by atoms with E-state index < -0.39 is 5.60 Å². The number of aromatic nitrogens is 4. The SMILES string of the molecule is CN(C)CCC(=O)Nc1ccc2c(=O)n(CC3(O)CCN(C(=O)c4cn(CCN)nc4Cc4ccccc4)CC3)cnc2c1. The molecule has 2 aromatic heterocycles. The Kier molecular flexibility index (Phi) is 9.52. The second-order valence-electron chi connectivity index (χ2n) is 11.7. The van der Waals surface area contributed by atoms with E-state index in [-0.39, 0.29) is 23.9 Å². The summed E-state index contributed by atoms with van der Waals surface area (Å²) < 4.78 is 3.14. The summed E-state index contributed by atoms with van der Waals surface area (Å²) in [5, 5.41) is 19.3. The van der Waals surface area contributed by atoms with E-state index in [1.807, 2.05) is 49.3 Å². The zero-order chi connectivity index (χ0) is 31.3. The molecule has 44 heavy (non-hydrogen) atoms. The fourth-order valence-corrected chi connectivity index (χ4v) is 5.48. The third-order valence-corrected chi connectivity index (χ3v) is 7.98. The van der Waals surface area contributed by atoms with Crippen LogP contribution in [-0.2, 0) is 24.3 Å². The van der Waals surface area contributed by atoms with Gasteiger partial charge in [0.25, 0.3) is 11.5 Å². The average Bonchev–Trinajstić information content (AvgIpc) is 3.40. The number of nitrogens with two attached hydrogens (primary N) is 1. The topological polar surface area (TPSA) is 152 Å². The van der Waals surface area contributed by atoms with E-state index in [0.717, 1.165) is 5.56 Å². The second kappa shape index (κ2) is 13.5. The first-order valence-electron chi connectivity index (χ1n) is 14.9. The summed E-state index contributed by atoms with van der Waals surface area (Å²) in [6.07, 6.45) is 4.70. The number of anilines is 1. The molecule has 0 radical (unpaired) electrons. The molecule has 1 saturated heterocycles. The molecule has 232 valence electrons. The average molecular weight is 601 g/mol. The lowest BCUT2D eigenvalue weighted by molar-refractivity contribution is -0.116. The van der Waals surface area contributed by atoms with Gasteiger partial charge >= 0.3 is 0 Å². The summed E-state index contributed by atoms with van der Waals surface area (Å²) in [6, 6.07) is 14.9. The number of amides is 2. The molecule has 0 spiro atoms. The van der Waals surface area contributed by atoms with Crippen LogP contribution in [0.4, 0.5) is 5.69 Å². The maximum Gasteiger partial charge on any atom is 0.261 e. The van der Waals surface area contributed by atoms with Crippen molar-refractivity contribution in [2.45, 2.75) is 44.4 Å². The molecular weight excluding hydrogens is 560 g/mol. The van der Waals surface area contributed by atoms with E-state index in [1.54, 1.807) is 34.0 Å². The third kappa shape index (κ3) is 7.39. The molecule has 0 saturated carbocycles. The number of carbonyl (C=O) groups excluding carboxylic acids is 2. The largest absolute Gasteiger partial charge is 0.388 e. The highest BCUT2D eigenvalue weighted by atomic mass is 16.3. The molecule has 5 rings (SSSR count). The lowest BCUT2D eigenvalue weighted by Gasteiger charge is -2.38. The summed E-state index contributed by atoms with van der Waals surface area (Å²) in [6.45, 7) is 2.30. The highest BCUT2D eigenvalue weighted by Crippen LogP contribution is 2.26. The lowest BCUT2D eigenvalue weighted by Crippen LogP contribution is -2.49. The Hall–Kier alpha value is -4.39. The van der Waals surface area contributed by atoms with Crippen LogP contribution in [0.15, 0.2) is 65.8 Å². The van der Waals surface area contributed by atoms with Crippen molar-refractivity contribution in [2.75, 3.05) is 45.6 Å². The Morgan fingerprint density at radius 3 is 2.57 bits per heavy atom. The zero-order valence-corrected chi connectivity index (χ0v) is 25.3. The number of fused-ring (bicyclic) bond motifs is 1. The highest BCUT2D eigenvalue weighted by molar-refractivity contribution is 5.95. The van der Waals surface area contributed by atoms with Crippen molar-refractivity contribution in [3.05, 3.63) is 88.2 Å². The maximum atomic E-state index is 13.6. The van der Waals surface area contributed by atoms with Gasteiger partial charge in [0.15, 0.2) is 0 Å². The van der Waals surface area contributed by atoms with Gasteiger partial charge in [-0.05, 0) is 50.7 Å². The Bertz CT molecular complexity index is 1670. The summed E-state index contributed by atoms with van der Waals surface area (Å²) in [5.74, 6) is -0.245. The van der Waals surface area contributed by atoms with Crippen molar-refractivity contribution in [1.29, 1.82) is 0 Å². The molecule has 4 N–H and O–H groups in total. The minimum Gasteiger partial charge on any atom is -0.388 e. The minimum absolute atomic E-state index is 0.0630. The van der Waals surface area contributed by atoms with Gasteiger partial charge in [-0.2, -0.15) is 5.10 Å². The number of aliphatic hydroxyl groups is 1. The van der Waals surface area contributed by atoms with Crippen LogP contribution in [0, 0.1) is 0 Å². The summed E-state index contributed by atoms with van der Waals surface area (Å²) >= 11 is 0. The monoisotopic (exact) mass is 600 g/mol. The minimum atomic E-state index is -1.17. The fourth-order valence-electron chi connectivity index (χ4n) is 5.48. The van der Waals surface area contributed by atoms with Crippen molar-refractivity contribution in [1.82, 2.24) is 29.1 Å². The number of carbonyl (C=O) groups is 2. The molecule has 0 bridgehead atoms. The van der Waals surface area contributed by atoms with Crippen LogP contribution in [-0.4, -0.2) is 91.9 Å². The van der Waals surface area contributed by atoms with Gasteiger partial charge in [-0.25, -0.2) is 4.98 Å². The standard InChI is InChI=1S/C32H40N8O4/c1-37(2)14-10-29(41)35-24-8-9-25-27(19-24)34-22-39(30(25)42)21-32(44)11-15-38(16-12-32)31(43)26-20-40(17-13-33)36-28(26)18-23-6-4-3-5-7-23/h3-9,19-20,22,44H,10-18,21,33H2,1-2H3,(H,35,41). The van der Waals surface area contributed by atoms with Gasteiger partial charge in [0.2, 0.25) is 5.91 Å². The van der Waals surface area contributed by atoms with Crippen molar-refractivity contribution >= 4 is 28.4 Å². The first kappa shape index (κ1) is 31.0. The molecule has 0 atom stereocenters. The Balaban J connectivity index is 1.24. The zero-order valence-electron chi connectivity index (χ0n) is 25.3. The van der Waals surface area contributed by atoms with Crippen LogP contribution < -0.4 is 16.6 Å². The molecular formula is C32H40N8O4. The van der Waals surface area contributed by atoms with Crippen molar-refractivity contribution in [3.8, 4) is 0 Å². The molecule has 4 aromatic rings. The smallest absolute Gasteiger partial charge is 0.261 e. The molecule has 12 nitrogen and oxygen atoms in total. The number of nitrogens with zero attached hydrogens (tertiary/aromatic N) is 6. The van der Waals surface area contributed by atoms with Gasteiger partial charge in [-0.1, -0.05) is 30.3 Å². The highest BCUT2D eigenvalue weighted by Gasteiger charge is 2.36. The number of likely N-dealkylation sites (tertiary alicyclic amines) is 1. The second-order valence-corrected chi connectivity index (χ2v) is 11.7. The maximum absolute atomic E-state index is 13.6. The summed E-state index contributed by atoms with van der Waals surface area (Å²) in [7, 11) is 3.81. The fraction of sp³-hybridized carbons (Fsp3) is 0.406. The van der Waals surface area contributed by atoms with Crippen molar-refractivity contribution in [3.63, 3.8) is 0 Å². The van der Waals surface area contributed by atoms with E-state index in [4.69, 9.17) is 5.73 Å². The van der Waals surface area contributed by atoms with E-state index in [0.29, 0.717) is 86.3 Å². The number of hydrogen-bond acceptors (Lipinski definition) is 8. The van der Waals surface area contributed by atoms with Gasteiger partial charge in [0.1, 0.15) is 0 Å². The van der Waals surface area contributed by atoms with Crippen LogP contribution in [0.1, 0.15) is 40.9 Å². The van der Waals surface area contributed by atoms with Crippen molar-refractivity contribution in [2.24, 2.45) is 5.73 Å². The summed E-state index contributed by atoms with van der Waals surface area (Å²) in [4.78, 5) is 47.2. The molecule has 2 amide bonds. The van der Waals surface area contributed by atoms with Crippen molar-refractivity contribution < 1.29 is 14.7 Å². The third-order valence-electron chi connectivity index (χ3n) is 7.98. The molecule has 2 aromatic carbocycles. The molecule has 0 unspecified atom stereocenters. The van der Waals surface area contributed by atoms with E-state index in [2.05, 4.69) is 15.4 Å².